The van der Waals surface area contributed by atoms with Gasteiger partial charge in [0.15, 0.2) is 5.82 Å². The molecular formula is C8H3ClF6N2O. The first-order valence-electron chi connectivity index (χ1n) is 4.11. The van der Waals surface area contributed by atoms with Crippen molar-refractivity contribution in [3.8, 4) is 5.75 Å². The van der Waals surface area contributed by atoms with Gasteiger partial charge in [0.05, 0.1) is 6.20 Å². The molecule has 3 nitrogen and oxygen atoms in total. The van der Waals surface area contributed by atoms with E-state index >= 15 is 0 Å². The minimum atomic E-state index is -4.91. The summed E-state index contributed by atoms with van der Waals surface area (Å²) in [6, 6.07) is 1.56. The fourth-order valence-corrected chi connectivity index (χ4v) is 0.883. The number of aliphatic imine (C=N–C) groups is 1. The molecule has 0 spiro atoms. The third-order valence-electron chi connectivity index (χ3n) is 1.40. The summed E-state index contributed by atoms with van der Waals surface area (Å²) in [7, 11) is 0. The van der Waals surface area contributed by atoms with Crippen LogP contribution in [0.25, 0.3) is 0 Å². The van der Waals surface area contributed by atoms with Crippen LogP contribution in [-0.2, 0) is 0 Å². The zero-order valence-electron chi connectivity index (χ0n) is 8.18. The van der Waals surface area contributed by atoms with Crippen LogP contribution in [0.5, 0.6) is 5.75 Å². The minimum absolute atomic E-state index is 0.494. The minimum Gasteiger partial charge on any atom is -0.404 e. The van der Waals surface area contributed by atoms with Crippen molar-refractivity contribution < 1.29 is 31.1 Å². The highest BCUT2D eigenvalue weighted by Crippen LogP contribution is 2.25. The Morgan fingerprint density at radius 2 is 1.78 bits per heavy atom. The standard InChI is InChI=1S/C8H3ClF6N2O/c9-6(7(10,11)12)17-5-2-1-4(3-16-5)18-8(13,14)15/h1-3H. The molecule has 0 saturated heterocycles. The number of rotatable bonds is 2. The van der Waals surface area contributed by atoms with Gasteiger partial charge in [-0.1, -0.05) is 11.6 Å². The molecule has 1 rings (SSSR count). The molecule has 0 saturated carbocycles. The molecule has 1 aromatic rings. The normalized spacial score (nSPS) is 13.6. The van der Waals surface area contributed by atoms with Crippen molar-refractivity contribution in [3.63, 3.8) is 0 Å². The third kappa shape index (κ3) is 4.78. The van der Waals surface area contributed by atoms with Crippen LogP contribution in [-0.4, -0.2) is 22.7 Å². The van der Waals surface area contributed by atoms with Gasteiger partial charge in [-0.3, -0.25) is 0 Å². The Kier molecular flexibility index (Phi) is 4.05. The monoisotopic (exact) mass is 292 g/mol. The average Bonchev–Trinajstić information content (AvgIpc) is 2.17. The predicted molar refractivity (Wildman–Crippen MR) is 49.9 cm³/mol. The molecule has 0 fully saturated rings. The highest BCUT2D eigenvalue weighted by atomic mass is 35.5. The molecular weight excluding hydrogens is 290 g/mol. The Labute approximate surface area is 101 Å². The number of alkyl halides is 6. The van der Waals surface area contributed by atoms with Crippen molar-refractivity contribution in [3.05, 3.63) is 18.3 Å². The molecule has 0 amide bonds. The van der Waals surface area contributed by atoms with Gasteiger partial charge in [-0.2, -0.15) is 13.2 Å². The first-order valence-corrected chi connectivity index (χ1v) is 4.49. The zero-order valence-corrected chi connectivity index (χ0v) is 8.94. The van der Waals surface area contributed by atoms with Gasteiger partial charge in [-0.05, 0) is 12.1 Å². The summed E-state index contributed by atoms with van der Waals surface area (Å²) in [5.74, 6) is -1.17. The van der Waals surface area contributed by atoms with Gasteiger partial charge in [-0.25, -0.2) is 9.98 Å². The van der Waals surface area contributed by atoms with Crippen LogP contribution in [0.2, 0.25) is 0 Å². The molecule has 0 bridgehead atoms. The molecule has 0 radical (unpaired) electrons. The summed E-state index contributed by atoms with van der Waals surface area (Å²) >= 11 is 4.81. The molecule has 100 valence electrons. The second-order valence-electron chi connectivity index (χ2n) is 2.80. The maximum Gasteiger partial charge on any atom is 0.573 e. The van der Waals surface area contributed by atoms with Gasteiger partial charge in [-0.15, -0.1) is 13.2 Å². The van der Waals surface area contributed by atoms with Crippen LogP contribution in [0.4, 0.5) is 32.2 Å². The Balaban J connectivity index is 2.84. The van der Waals surface area contributed by atoms with Crippen molar-refractivity contribution in [1.82, 2.24) is 4.98 Å². The van der Waals surface area contributed by atoms with E-state index in [4.69, 9.17) is 11.6 Å². The second-order valence-corrected chi connectivity index (χ2v) is 3.16. The lowest BCUT2D eigenvalue weighted by molar-refractivity contribution is -0.274. The van der Waals surface area contributed by atoms with E-state index < -0.39 is 29.3 Å². The summed E-state index contributed by atoms with van der Waals surface area (Å²) in [6.45, 7) is 0. The van der Waals surface area contributed by atoms with E-state index in [9.17, 15) is 26.3 Å². The average molecular weight is 293 g/mol. The second kappa shape index (κ2) is 5.01. The van der Waals surface area contributed by atoms with E-state index in [-0.39, 0.29) is 0 Å². The van der Waals surface area contributed by atoms with Crippen LogP contribution >= 0.6 is 11.6 Å². The molecule has 1 heterocycles. The fourth-order valence-electron chi connectivity index (χ4n) is 0.797. The van der Waals surface area contributed by atoms with E-state index in [2.05, 4.69) is 14.7 Å². The summed E-state index contributed by atoms with van der Waals surface area (Å²) < 4.78 is 74.7. The topological polar surface area (TPSA) is 34.5 Å². The van der Waals surface area contributed by atoms with E-state index in [0.29, 0.717) is 6.20 Å². The molecule has 0 N–H and O–H groups in total. The maximum atomic E-state index is 12.0. The number of nitrogens with zero attached hydrogens (tertiary/aromatic N) is 2. The first kappa shape index (κ1) is 14.6. The summed E-state index contributed by atoms with van der Waals surface area (Å²) in [4.78, 5) is 6.10. The van der Waals surface area contributed by atoms with Gasteiger partial charge in [0.2, 0.25) is 5.17 Å². The van der Waals surface area contributed by atoms with Crippen molar-refractivity contribution in [1.29, 1.82) is 0 Å². The largest absolute Gasteiger partial charge is 0.573 e. The Morgan fingerprint density at radius 3 is 2.17 bits per heavy atom. The van der Waals surface area contributed by atoms with Gasteiger partial charge in [0.25, 0.3) is 0 Å². The molecule has 0 aromatic carbocycles. The number of ether oxygens (including phenoxy) is 1. The molecule has 0 aliphatic rings. The van der Waals surface area contributed by atoms with Crippen molar-refractivity contribution in [2.45, 2.75) is 12.5 Å². The third-order valence-corrected chi connectivity index (χ3v) is 1.70. The molecule has 18 heavy (non-hydrogen) atoms. The molecule has 0 atom stereocenters. The van der Waals surface area contributed by atoms with Crippen molar-refractivity contribution in [2.75, 3.05) is 0 Å². The smallest absolute Gasteiger partial charge is 0.404 e. The molecule has 0 unspecified atom stereocenters. The Bertz CT molecular complexity index is 438. The Hall–Kier alpha value is -1.51. The lowest BCUT2D eigenvalue weighted by Crippen LogP contribution is -2.17. The highest BCUT2D eigenvalue weighted by molar-refractivity contribution is 6.67. The zero-order chi connectivity index (χ0) is 14.0. The van der Waals surface area contributed by atoms with E-state index in [1.807, 2.05) is 0 Å². The summed E-state index contributed by atoms with van der Waals surface area (Å²) in [5, 5.41) is -1.68. The molecule has 10 heteroatoms. The number of pyridine rings is 1. The van der Waals surface area contributed by atoms with Crippen LogP contribution in [0.15, 0.2) is 23.3 Å². The van der Waals surface area contributed by atoms with Crippen LogP contribution in [0.3, 0.4) is 0 Å². The van der Waals surface area contributed by atoms with E-state index in [1.54, 1.807) is 0 Å². The Morgan fingerprint density at radius 1 is 1.17 bits per heavy atom. The summed E-state index contributed by atoms with van der Waals surface area (Å²) in [5.41, 5.74) is 0. The van der Waals surface area contributed by atoms with Crippen LogP contribution in [0.1, 0.15) is 0 Å². The van der Waals surface area contributed by atoms with Gasteiger partial charge in [0.1, 0.15) is 5.75 Å². The van der Waals surface area contributed by atoms with E-state index in [0.717, 1.165) is 12.1 Å². The van der Waals surface area contributed by atoms with Crippen molar-refractivity contribution >= 4 is 22.6 Å². The SMILES string of the molecule is FC(F)(F)Oc1ccc(N=C(Cl)C(F)(F)F)nc1. The summed E-state index contributed by atoms with van der Waals surface area (Å²) in [6.07, 6.45) is -9.17. The highest BCUT2D eigenvalue weighted by Gasteiger charge is 2.34. The fraction of sp³-hybridized carbons (Fsp3) is 0.250. The number of hydrogen-bond acceptors (Lipinski definition) is 3. The molecule has 0 aliphatic carbocycles. The van der Waals surface area contributed by atoms with Gasteiger partial charge in [0, 0.05) is 0 Å². The van der Waals surface area contributed by atoms with Gasteiger partial charge < -0.3 is 4.74 Å². The number of hydrogen-bond donors (Lipinski definition) is 0. The quantitative estimate of drug-likeness (QED) is 0.613. The van der Waals surface area contributed by atoms with Gasteiger partial charge >= 0.3 is 12.5 Å². The van der Waals surface area contributed by atoms with Crippen LogP contribution in [0, 0.1) is 0 Å². The first-order chi connectivity index (χ1) is 8.08. The lowest BCUT2D eigenvalue weighted by atomic mass is 10.4. The maximum absolute atomic E-state index is 12.0. The number of halogens is 7. The molecule has 1 aromatic heterocycles. The van der Waals surface area contributed by atoms with Crippen molar-refractivity contribution in [2.24, 2.45) is 4.99 Å². The predicted octanol–water partition coefficient (Wildman–Crippen LogP) is 3.81. The van der Waals surface area contributed by atoms with Crippen LogP contribution < -0.4 is 4.74 Å². The molecule has 0 aliphatic heterocycles. The number of aromatic nitrogens is 1. The lowest BCUT2D eigenvalue weighted by Gasteiger charge is -2.08. The van der Waals surface area contributed by atoms with E-state index in [1.165, 1.54) is 0 Å².